The predicted octanol–water partition coefficient (Wildman–Crippen LogP) is 0.410. The third kappa shape index (κ3) is 3.15. The van der Waals surface area contributed by atoms with Gasteiger partial charge in [-0.3, -0.25) is 9.59 Å². The van der Waals surface area contributed by atoms with Crippen LogP contribution in [0.15, 0.2) is 35.3 Å². The van der Waals surface area contributed by atoms with Crippen molar-refractivity contribution < 1.29 is 14.6 Å². The highest BCUT2D eigenvalue weighted by Crippen LogP contribution is 2.25. The van der Waals surface area contributed by atoms with Crippen LogP contribution in [0.3, 0.4) is 0 Å². The first kappa shape index (κ1) is 15.7. The number of methoxy groups -OCH3 is 1. The molecule has 0 radical (unpaired) electrons. The van der Waals surface area contributed by atoms with E-state index in [1.54, 1.807) is 31.3 Å². The van der Waals surface area contributed by atoms with Gasteiger partial charge in [0.2, 0.25) is 0 Å². The number of hydrogen-bond acceptors (Lipinski definition) is 5. The van der Waals surface area contributed by atoms with Gasteiger partial charge in [0.1, 0.15) is 6.04 Å². The number of carboxylic acids is 1. The van der Waals surface area contributed by atoms with Crippen molar-refractivity contribution in [2.75, 3.05) is 7.11 Å². The first-order chi connectivity index (χ1) is 10.4. The summed E-state index contributed by atoms with van der Waals surface area (Å²) >= 11 is 0. The Balaban J connectivity index is 2.38. The molecule has 0 aliphatic heterocycles. The molecule has 1 aromatic carbocycles. The van der Waals surface area contributed by atoms with E-state index in [4.69, 9.17) is 15.6 Å². The van der Waals surface area contributed by atoms with Crippen LogP contribution >= 0.6 is 0 Å². The Bertz CT molecular complexity index is 737. The van der Waals surface area contributed by atoms with Crippen molar-refractivity contribution in [3.8, 4) is 16.9 Å². The van der Waals surface area contributed by atoms with Crippen LogP contribution in [0.5, 0.6) is 5.75 Å². The number of aromatic nitrogens is 2. The highest BCUT2D eigenvalue weighted by molar-refractivity contribution is 5.74. The number of hydrogen-bond donors (Lipinski definition) is 2. The number of carboxylic acid groups (broad SMARTS) is 1. The summed E-state index contributed by atoms with van der Waals surface area (Å²) in [6, 6.07) is 6.02. The first-order valence-corrected chi connectivity index (χ1v) is 6.62. The zero-order valence-corrected chi connectivity index (χ0v) is 12.3. The molecule has 3 N–H and O–H groups in total. The Morgan fingerprint density at radius 3 is 2.59 bits per heavy atom. The van der Waals surface area contributed by atoms with Crippen molar-refractivity contribution in [1.82, 2.24) is 9.78 Å². The molecule has 2 aromatic rings. The summed E-state index contributed by atoms with van der Waals surface area (Å²) in [6.45, 7) is 0. The molecule has 1 atom stereocenters. The Morgan fingerprint density at radius 1 is 1.41 bits per heavy atom. The normalized spacial score (nSPS) is 12.0. The van der Waals surface area contributed by atoms with Gasteiger partial charge in [0.05, 0.1) is 18.9 Å². The lowest BCUT2D eigenvalue weighted by Crippen LogP contribution is -2.32. The SMILES string of the molecule is COc1cnn(C)c(=O)c1-c1ccc(CC(N)C(=O)O)cc1. The molecule has 22 heavy (non-hydrogen) atoms. The summed E-state index contributed by atoms with van der Waals surface area (Å²) < 4.78 is 6.42. The van der Waals surface area contributed by atoms with Crippen LogP contribution in [0.1, 0.15) is 5.56 Å². The summed E-state index contributed by atoms with van der Waals surface area (Å²) in [5.41, 5.74) is 7.10. The molecule has 0 aliphatic carbocycles. The van der Waals surface area contributed by atoms with Gasteiger partial charge in [-0.15, -0.1) is 0 Å². The monoisotopic (exact) mass is 303 g/mol. The highest BCUT2D eigenvalue weighted by atomic mass is 16.5. The van der Waals surface area contributed by atoms with E-state index < -0.39 is 12.0 Å². The molecule has 2 rings (SSSR count). The standard InChI is InChI=1S/C15H17N3O4/c1-18-14(19)13(12(22-2)8-17-18)10-5-3-9(4-6-10)7-11(16)15(20)21/h3-6,8,11H,7,16H2,1-2H3,(H,20,21). The zero-order valence-electron chi connectivity index (χ0n) is 12.3. The van der Waals surface area contributed by atoms with Crippen LogP contribution in [0, 0.1) is 0 Å². The molecule has 1 aromatic heterocycles. The Morgan fingerprint density at radius 2 is 2.05 bits per heavy atom. The zero-order chi connectivity index (χ0) is 16.3. The van der Waals surface area contributed by atoms with Gasteiger partial charge in [-0.25, -0.2) is 4.68 Å². The van der Waals surface area contributed by atoms with Crippen LogP contribution in [-0.2, 0) is 18.3 Å². The lowest BCUT2D eigenvalue weighted by molar-refractivity contribution is -0.138. The number of nitrogens with two attached hydrogens (primary N) is 1. The van der Waals surface area contributed by atoms with E-state index in [1.165, 1.54) is 18.0 Å². The molecular formula is C15H17N3O4. The van der Waals surface area contributed by atoms with Crippen LogP contribution in [0.4, 0.5) is 0 Å². The number of nitrogens with zero attached hydrogens (tertiary/aromatic N) is 2. The minimum absolute atomic E-state index is 0.223. The molecule has 0 saturated carbocycles. The van der Waals surface area contributed by atoms with Gasteiger partial charge in [-0.05, 0) is 17.5 Å². The molecular weight excluding hydrogens is 286 g/mol. The Kier molecular flexibility index (Phi) is 4.57. The number of aryl methyl sites for hydroxylation is 1. The molecule has 7 nitrogen and oxygen atoms in total. The molecule has 0 amide bonds. The summed E-state index contributed by atoms with van der Waals surface area (Å²) in [7, 11) is 3.03. The van der Waals surface area contributed by atoms with Gasteiger partial charge in [0, 0.05) is 7.05 Å². The Hall–Kier alpha value is -2.67. The molecule has 0 spiro atoms. The number of benzene rings is 1. The van der Waals surface area contributed by atoms with Crippen molar-refractivity contribution in [3.63, 3.8) is 0 Å². The third-order valence-electron chi connectivity index (χ3n) is 3.34. The van der Waals surface area contributed by atoms with E-state index in [-0.39, 0.29) is 12.0 Å². The minimum atomic E-state index is -1.05. The average Bonchev–Trinajstić information content (AvgIpc) is 2.50. The smallest absolute Gasteiger partial charge is 0.320 e. The second-order valence-electron chi connectivity index (χ2n) is 4.86. The van der Waals surface area contributed by atoms with Gasteiger partial charge in [0.15, 0.2) is 5.75 Å². The topological polar surface area (TPSA) is 107 Å². The summed E-state index contributed by atoms with van der Waals surface area (Å²) in [6.07, 6.45) is 1.70. The fourth-order valence-electron chi connectivity index (χ4n) is 2.09. The van der Waals surface area contributed by atoms with Crippen LogP contribution in [0.2, 0.25) is 0 Å². The predicted molar refractivity (Wildman–Crippen MR) is 80.8 cm³/mol. The minimum Gasteiger partial charge on any atom is -0.494 e. The first-order valence-electron chi connectivity index (χ1n) is 6.62. The molecule has 0 bridgehead atoms. The molecule has 1 unspecified atom stereocenters. The largest absolute Gasteiger partial charge is 0.494 e. The van der Waals surface area contributed by atoms with Crippen LogP contribution in [0.25, 0.3) is 11.1 Å². The van der Waals surface area contributed by atoms with Gasteiger partial charge < -0.3 is 15.6 Å². The molecule has 0 fully saturated rings. The van der Waals surface area contributed by atoms with E-state index in [1.807, 2.05) is 0 Å². The highest BCUT2D eigenvalue weighted by Gasteiger charge is 2.15. The maximum atomic E-state index is 12.2. The fourth-order valence-corrected chi connectivity index (χ4v) is 2.09. The van der Waals surface area contributed by atoms with Crippen LogP contribution in [-0.4, -0.2) is 34.0 Å². The molecule has 0 aliphatic rings. The lowest BCUT2D eigenvalue weighted by Gasteiger charge is -2.10. The number of ether oxygens (including phenoxy) is 1. The number of carbonyl (C=O) groups is 1. The summed E-state index contributed by atoms with van der Waals surface area (Å²) in [4.78, 5) is 23.0. The van der Waals surface area contributed by atoms with Crippen molar-refractivity contribution in [1.29, 1.82) is 0 Å². The lowest BCUT2D eigenvalue weighted by atomic mass is 10.0. The maximum Gasteiger partial charge on any atom is 0.320 e. The second-order valence-corrected chi connectivity index (χ2v) is 4.86. The molecule has 116 valence electrons. The van der Waals surface area contributed by atoms with E-state index >= 15 is 0 Å². The molecule has 1 heterocycles. The van der Waals surface area contributed by atoms with E-state index in [0.717, 1.165) is 5.56 Å². The summed E-state index contributed by atoms with van der Waals surface area (Å²) in [5, 5.41) is 12.7. The van der Waals surface area contributed by atoms with Crippen molar-refractivity contribution in [2.24, 2.45) is 12.8 Å². The Labute approximate surface area is 127 Å². The number of rotatable bonds is 5. The van der Waals surface area contributed by atoms with Crippen molar-refractivity contribution in [3.05, 3.63) is 46.4 Å². The van der Waals surface area contributed by atoms with Gasteiger partial charge in [-0.2, -0.15) is 5.10 Å². The fraction of sp³-hybridized carbons (Fsp3) is 0.267. The van der Waals surface area contributed by atoms with E-state index in [0.29, 0.717) is 16.9 Å². The van der Waals surface area contributed by atoms with Gasteiger partial charge in [-0.1, -0.05) is 24.3 Å². The molecule has 0 saturated heterocycles. The van der Waals surface area contributed by atoms with Gasteiger partial charge >= 0.3 is 5.97 Å². The quantitative estimate of drug-likeness (QED) is 0.828. The number of aliphatic carboxylic acids is 1. The van der Waals surface area contributed by atoms with Crippen molar-refractivity contribution in [2.45, 2.75) is 12.5 Å². The third-order valence-corrected chi connectivity index (χ3v) is 3.34. The maximum absolute atomic E-state index is 12.2. The van der Waals surface area contributed by atoms with Crippen LogP contribution < -0.4 is 16.0 Å². The second kappa shape index (κ2) is 6.40. The summed E-state index contributed by atoms with van der Waals surface area (Å²) in [5.74, 6) is -0.660. The van der Waals surface area contributed by atoms with E-state index in [9.17, 15) is 9.59 Å². The van der Waals surface area contributed by atoms with Crippen molar-refractivity contribution >= 4 is 5.97 Å². The van der Waals surface area contributed by atoms with Gasteiger partial charge in [0.25, 0.3) is 5.56 Å². The average molecular weight is 303 g/mol. The molecule has 7 heteroatoms. The van der Waals surface area contributed by atoms with E-state index in [2.05, 4.69) is 5.10 Å².